The van der Waals surface area contributed by atoms with Gasteiger partial charge in [0, 0.05) is 12.6 Å². The Morgan fingerprint density at radius 1 is 1.68 bits per heavy atom. The zero-order valence-electron chi connectivity index (χ0n) is 11.6. The summed E-state index contributed by atoms with van der Waals surface area (Å²) >= 11 is 0. The molecule has 0 bridgehead atoms. The van der Waals surface area contributed by atoms with E-state index < -0.39 is 0 Å². The van der Waals surface area contributed by atoms with Crippen LogP contribution in [0.15, 0.2) is 16.7 Å². The van der Waals surface area contributed by atoms with E-state index in [0.717, 1.165) is 13.1 Å². The molecule has 0 saturated carbocycles. The monoisotopic (exact) mass is 266 g/mol. The van der Waals surface area contributed by atoms with Gasteiger partial charge in [-0.2, -0.15) is 0 Å². The van der Waals surface area contributed by atoms with E-state index in [1.165, 1.54) is 19.1 Å². The van der Waals surface area contributed by atoms with Gasteiger partial charge in [0.1, 0.15) is 5.76 Å². The number of carbonyl (C=O) groups excluding carboxylic acids is 1. The van der Waals surface area contributed by atoms with Gasteiger partial charge >= 0.3 is 0 Å². The van der Waals surface area contributed by atoms with E-state index in [2.05, 4.69) is 29.3 Å². The van der Waals surface area contributed by atoms with Crippen molar-refractivity contribution in [3.05, 3.63) is 23.7 Å². The smallest absolute Gasteiger partial charge is 0.268 e. The molecular formula is C13H22N4O2. The van der Waals surface area contributed by atoms with Gasteiger partial charge in [-0.3, -0.25) is 15.1 Å². The number of likely N-dealkylation sites (tertiary alicyclic amines) is 1. The Labute approximate surface area is 113 Å². The minimum Gasteiger partial charge on any atom is -0.467 e. The molecule has 0 spiro atoms. The fourth-order valence-electron chi connectivity index (χ4n) is 2.60. The molecule has 2 heterocycles. The topological polar surface area (TPSA) is 74.7 Å². The molecule has 106 valence electrons. The number of carbonyl (C=O) groups is 1. The Hall–Kier alpha value is -1.37. The number of nitrogen functional groups attached to an aromatic ring is 1. The third-order valence-electron chi connectivity index (χ3n) is 3.74. The number of nitrogens with one attached hydrogen (secondary N) is 1. The van der Waals surface area contributed by atoms with Gasteiger partial charge in [-0.15, -0.1) is 0 Å². The van der Waals surface area contributed by atoms with Gasteiger partial charge in [0.05, 0.1) is 18.4 Å². The summed E-state index contributed by atoms with van der Waals surface area (Å²) in [6.07, 6.45) is 3.92. The van der Waals surface area contributed by atoms with Gasteiger partial charge < -0.3 is 9.32 Å². The van der Waals surface area contributed by atoms with Crippen LogP contribution in [0.5, 0.6) is 0 Å². The maximum absolute atomic E-state index is 11.6. The van der Waals surface area contributed by atoms with Crippen LogP contribution >= 0.6 is 0 Å². The summed E-state index contributed by atoms with van der Waals surface area (Å²) < 4.78 is 5.40. The fraction of sp³-hybridized carbons (Fsp3) is 0.615. The number of likely N-dealkylation sites (N-methyl/N-ethyl adjacent to an activating group) is 2. The molecule has 1 aromatic heterocycles. The van der Waals surface area contributed by atoms with Crippen molar-refractivity contribution in [1.82, 2.24) is 15.2 Å². The highest BCUT2D eigenvalue weighted by Crippen LogP contribution is 2.18. The van der Waals surface area contributed by atoms with E-state index >= 15 is 0 Å². The van der Waals surface area contributed by atoms with Gasteiger partial charge in [0.15, 0.2) is 0 Å². The van der Waals surface area contributed by atoms with Crippen LogP contribution in [0.4, 0.5) is 0 Å². The SMILES string of the molecule is CN1CCCC(N(C)Cc2occc2C(=O)NN)C1. The summed E-state index contributed by atoms with van der Waals surface area (Å²) in [6, 6.07) is 2.15. The summed E-state index contributed by atoms with van der Waals surface area (Å²) in [4.78, 5) is 16.2. The first-order valence-corrected chi connectivity index (χ1v) is 6.58. The zero-order chi connectivity index (χ0) is 13.8. The van der Waals surface area contributed by atoms with E-state index in [1.54, 1.807) is 6.07 Å². The summed E-state index contributed by atoms with van der Waals surface area (Å²) in [7, 11) is 4.21. The number of piperidine rings is 1. The van der Waals surface area contributed by atoms with Gasteiger partial charge in [-0.25, -0.2) is 5.84 Å². The van der Waals surface area contributed by atoms with Crippen LogP contribution < -0.4 is 11.3 Å². The Morgan fingerprint density at radius 2 is 2.47 bits per heavy atom. The fourth-order valence-corrected chi connectivity index (χ4v) is 2.60. The van der Waals surface area contributed by atoms with Crippen LogP contribution in [0.2, 0.25) is 0 Å². The van der Waals surface area contributed by atoms with E-state index in [-0.39, 0.29) is 5.91 Å². The highest BCUT2D eigenvalue weighted by atomic mass is 16.3. The first kappa shape index (κ1) is 14.0. The molecule has 1 amide bonds. The third kappa shape index (κ3) is 3.34. The van der Waals surface area contributed by atoms with Crippen molar-refractivity contribution in [2.24, 2.45) is 5.84 Å². The van der Waals surface area contributed by atoms with Gasteiger partial charge in [-0.05, 0) is 39.5 Å². The van der Waals surface area contributed by atoms with Crippen LogP contribution in [0.1, 0.15) is 29.0 Å². The zero-order valence-corrected chi connectivity index (χ0v) is 11.6. The minimum atomic E-state index is -0.307. The average molecular weight is 266 g/mol. The van der Waals surface area contributed by atoms with Crippen LogP contribution in [0.25, 0.3) is 0 Å². The van der Waals surface area contributed by atoms with Crippen LogP contribution in [0.3, 0.4) is 0 Å². The molecule has 3 N–H and O–H groups in total. The maximum Gasteiger partial charge on any atom is 0.268 e. The molecule has 6 heteroatoms. The maximum atomic E-state index is 11.6. The van der Waals surface area contributed by atoms with E-state index in [0.29, 0.717) is 23.9 Å². The summed E-state index contributed by atoms with van der Waals surface area (Å²) in [5.74, 6) is 5.52. The Balaban J connectivity index is 2.00. The van der Waals surface area contributed by atoms with Crippen LogP contribution in [-0.4, -0.2) is 48.9 Å². The highest BCUT2D eigenvalue weighted by Gasteiger charge is 2.23. The van der Waals surface area contributed by atoms with Gasteiger partial charge in [0.25, 0.3) is 5.91 Å². The van der Waals surface area contributed by atoms with Crippen LogP contribution in [-0.2, 0) is 6.54 Å². The lowest BCUT2D eigenvalue weighted by molar-refractivity contribution is 0.0944. The molecule has 1 saturated heterocycles. The molecule has 1 unspecified atom stereocenters. The molecule has 1 atom stereocenters. The van der Waals surface area contributed by atoms with Crippen molar-refractivity contribution in [1.29, 1.82) is 0 Å². The Bertz CT molecular complexity index is 432. The minimum absolute atomic E-state index is 0.307. The molecule has 0 aliphatic carbocycles. The molecule has 1 aliphatic heterocycles. The number of hydrazine groups is 1. The number of furan rings is 1. The van der Waals surface area contributed by atoms with Crippen molar-refractivity contribution in [2.45, 2.75) is 25.4 Å². The Kier molecular flexibility index (Phi) is 4.57. The van der Waals surface area contributed by atoms with Crippen LogP contribution in [0, 0.1) is 0 Å². The van der Waals surface area contributed by atoms with E-state index in [4.69, 9.17) is 10.3 Å². The highest BCUT2D eigenvalue weighted by molar-refractivity contribution is 5.94. The van der Waals surface area contributed by atoms with Crippen molar-refractivity contribution >= 4 is 5.91 Å². The molecule has 0 radical (unpaired) electrons. The number of rotatable bonds is 4. The summed E-state index contributed by atoms with van der Waals surface area (Å²) in [6.45, 7) is 2.83. The number of amides is 1. The first-order valence-electron chi connectivity index (χ1n) is 6.58. The molecule has 2 rings (SSSR count). The van der Waals surface area contributed by atoms with Crippen molar-refractivity contribution < 1.29 is 9.21 Å². The largest absolute Gasteiger partial charge is 0.467 e. The van der Waals surface area contributed by atoms with E-state index in [9.17, 15) is 4.79 Å². The van der Waals surface area contributed by atoms with Crippen molar-refractivity contribution in [2.75, 3.05) is 27.2 Å². The quantitative estimate of drug-likeness (QED) is 0.469. The lowest BCUT2D eigenvalue weighted by atomic mass is 10.0. The summed E-state index contributed by atoms with van der Waals surface area (Å²) in [5.41, 5.74) is 2.65. The van der Waals surface area contributed by atoms with E-state index in [1.807, 2.05) is 0 Å². The normalized spacial score (nSPS) is 20.7. The first-order chi connectivity index (χ1) is 9.11. The molecule has 1 aliphatic rings. The van der Waals surface area contributed by atoms with Gasteiger partial charge in [0.2, 0.25) is 0 Å². The molecule has 1 fully saturated rings. The molecule has 6 nitrogen and oxygen atoms in total. The van der Waals surface area contributed by atoms with Crippen molar-refractivity contribution in [3.63, 3.8) is 0 Å². The standard InChI is InChI=1S/C13H22N4O2/c1-16-6-3-4-10(8-16)17(2)9-12-11(5-7-19-12)13(18)15-14/h5,7,10H,3-4,6,8-9,14H2,1-2H3,(H,15,18). The molecule has 1 aromatic rings. The lowest BCUT2D eigenvalue weighted by Gasteiger charge is -2.35. The second-order valence-electron chi connectivity index (χ2n) is 5.20. The predicted octanol–water partition coefficient (Wildman–Crippen LogP) is 0.409. The summed E-state index contributed by atoms with van der Waals surface area (Å²) in [5, 5.41) is 0. The number of hydrogen-bond acceptors (Lipinski definition) is 5. The molecule has 0 aromatic carbocycles. The van der Waals surface area contributed by atoms with Crippen molar-refractivity contribution in [3.8, 4) is 0 Å². The Morgan fingerprint density at radius 3 is 3.16 bits per heavy atom. The lowest BCUT2D eigenvalue weighted by Crippen LogP contribution is -2.44. The second kappa shape index (κ2) is 6.18. The average Bonchev–Trinajstić information content (AvgIpc) is 2.86. The number of nitrogens with zero attached hydrogens (tertiary/aromatic N) is 2. The number of hydrogen-bond donors (Lipinski definition) is 2. The number of nitrogens with two attached hydrogens (primary N) is 1. The predicted molar refractivity (Wildman–Crippen MR) is 72.3 cm³/mol. The molecular weight excluding hydrogens is 244 g/mol. The molecule has 19 heavy (non-hydrogen) atoms. The third-order valence-corrected chi connectivity index (χ3v) is 3.74. The second-order valence-corrected chi connectivity index (χ2v) is 5.20. The van der Waals surface area contributed by atoms with Gasteiger partial charge in [-0.1, -0.05) is 0 Å².